The highest BCUT2D eigenvalue weighted by Crippen LogP contribution is 2.08. The van der Waals surface area contributed by atoms with Crippen LogP contribution >= 0.6 is 0 Å². The van der Waals surface area contributed by atoms with Gasteiger partial charge in [0.15, 0.2) is 0 Å². The molecule has 3 saturated heterocycles. The van der Waals surface area contributed by atoms with Gasteiger partial charge in [-0.15, -0.1) is 0 Å². The van der Waals surface area contributed by atoms with Gasteiger partial charge in [0.05, 0.1) is 59.5 Å². The molecule has 0 atom stereocenters. The normalized spacial score (nSPS) is 12.1. The summed E-state index contributed by atoms with van der Waals surface area (Å²) in [4.78, 5) is 0. The Kier molecular flexibility index (Phi) is 26.7. The largest absolute Gasteiger partial charge is 0.508 e. The highest BCUT2D eigenvalue weighted by atomic mass is 16.6. The van der Waals surface area contributed by atoms with Gasteiger partial charge in [-0.1, -0.05) is 72.8 Å². The Hall–Kier alpha value is -4.16. The van der Waals surface area contributed by atoms with Gasteiger partial charge >= 0.3 is 0 Å². The minimum atomic E-state index is 0.0644. The van der Waals surface area contributed by atoms with E-state index in [0.29, 0.717) is 25.6 Å². The number of hydrogen-bond donors (Lipinski definition) is 4. The van der Waals surface area contributed by atoms with E-state index in [0.717, 1.165) is 56.9 Å². The molecule has 0 aromatic heterocycles. The predicted molar refractivity (Wildman–Crippen MR) is 178 cm³/mol. The van der Waals surface area contributed by atoms with Crippen molar-refractivity contribution in [1.82, 2.24) is 0 Å². The van der Waals surface area contributed by atoms with Crippen LogP contribution in [-0.4, -0.2) is 99.7 Å². The molecular formula is C36H48O10. The maximum absolute atomic E-state index is 8.63. The highest BCUT2D eigenvalue weighted by molar-refractivity contribution is 5.22. The van der Waals surface area contributed by atoms with E-state index in [-0.39, 0.29) is 19.8 Å². The number of phenolic OH excluding ortho intramolecular Hbond substituents is 1. The summed E-state index contributed by atoms with van der Waals surface area (Å²) < 4.78 is 28.8. The quantitative estimate of drug-likeness (QED) is 0.191. The third-order valence-electron chi connectivity index (χ3n) is 4.68. The molecule has 0 amide bonds. The molecule has 7 rings (SSSR count). The SMILES string of the molecule is C1CO1.C1CO1.C1CO1.OCCOc1ccccc1.OCCOc1ccccc1.OCCOc1ccccc1.Oc1ccccc1. The molecule has 0 saturated carbocycles. The van der Waals surface area contributed by atoms with E-state index < -0.39 is 0 Å². The maximum Gasteiger partial charge on any atom is 0.119 e. The van der Waals surface area contributed by atoms with E-state index >= 15 is 0 Å². The number of aliphatic hydroxyl groups excluding tert-OH is 3. The zero-order chi connectivity index (χ0) is 33.2. The van der Waals surface area contributed by atoms with Crippen molar-refractivity contribution in [3.8, 4) is 23.0 Å². The van der Waals surface area contributed by atoms with E-state index in [1.54, 1.807) is 24.3 Å². The molecule has 46 heavy (non-hydrogen) atoms. The number of para-hydroxylation sites is 4. The first-order chi connectivity index (χ1) is 22.7. The van der Waals surface area contributed by atoms with Crippen molar-refractivity contribution in [2.24, 2.45) is 0 Å². The smallest absolute Gasteiger partial charge is 0.119 e. The van der Waals surface area contributed by atoms with Crippen LogP contribution in [0.25, 0.3) is 0 Å². The summed E-state index contributed by atoms with van der Waals surface area (Å²) in [6, 6.07) is 37.0. The van der Waals surface area contributed by atoms with Gasteiger partial charge < -0.3 is 48.8 Å². The lowest BCUT2D eigenvalue weighted by Gasteiger charge is -2.01. The summed E-state index contributed by atoms with van der Waals surface area (Å²) in [6.45, 7) is 7.29. The van der Waals surface area contributed by atoms with Crippen molar-refractivity contribution in [3.05, 3.63) is 121 Å². The fourth-order valence-corrected chi connectivity index (χ4v) is 2.47. The second-order valence-corrected chi connectivity index (χ2v) is 8.83. The first kappa shape index (κ1) is 39.9. The van der Waals surface area contributed by atoms with Crippen molar-refractivity contribution in [2.75, 3.05) is 79.3 Å². The molecule has 3 heterocycles. The first-order valence-corrected chi connectivity index (χ1v) is 15.0. The van der Waals surface area contributed by atoms with Crippen LogP contribution in [0.3, 0.4) is 0 Å². The summed E-state index contributed by atoms with van der Waals surface area (Å²) in [5.74, 6) is 2.73. The monoisotopic (exact) mass is 640 g/mol. The van der Waals surface area contributed by atoms with Crippen LogP contribution in [0.15, 0.2) is 121 Å². The Bertz CT molecular complexity index is 1000. The Morgan fingerprint density at radius 2 is 0.609 bits per heavy atom. The van der Waals surface area contributed by atoms with Crippen LogP contribution in [-0.2, 0) is 14.2 Å². The molecular weight excluding hydrogens is 592 g/mol. The van der Waals surface area contributed by atoms with Crippen molar-refractivity contribution in [3.63, 3.8) is 0 Å². The van der Waals surface area contributed by atoms with Gasteiger partial charge in [-0.3, -0.25) is 0 Å². The number of ether oxygens (including phenoxy) is 6. The molecule has 0 spiro atoms. The molecule has 3 aliphatic rings. The van der Waals surface area contributed by atoms with Crippen LogP contribution in [0.4, 0.5) is 0 Å². The number of aliphatic hydroxyl groups is 3. The molecule has 4 aromatic carbocycles. The van der Waals surface area contributed by atoms with Gasteiger partial charge in [-0.2, -0.15) is 0 Å². The molecule has 0 aliphatic carbocycles. The van der Waals surface area contributed by atoms with Crippen LogP contribution in [0.1, 0.15) is 0 Å². The molecule has 10 nitrogen and oxygen atoms in total. The van der Waals surface area contributed by atoms with E-state index in [9.17, 15) is 0 Å². The molecule has 3 aliphatic heterocycles. The number of benzene rings is 4. The third kappa shape index (κ3) is 32.7. The van der Waals surface area contributed by atoms with E-state index in [4.69, 9.17) is 34.6 Å². The molecule has 10 heteroatoms. The molecule has 4 N–H and O–H groups in total. The van der Waals surface area contributed by atoms with Crippen LogP contribution in [0, 0.1) is 0 Å². The van der Waals surface area contributed by atoms with Gasteiger partial charge in [0, 0.05) is 0 Å². The summed E-state index contributed by atoms with van der Waals surface area (Å²) >= 11 is 0. The lowest BCUT2D eigenvalue weighted by molar-refractivity contribution is 0.201. The van der Waals surface area contributed by atoms with Gasteiger partial charge in [-0.05, 0) is 48.5 Å². The van der Waals surface area contributed by atoms with Crippen molar-refractivity contribution in [2.45, 2.75) is 0 Å². The van der Waals surface area contributed by atoms with E-state index in [2.05, 4.69) is 14.2 Å². The van der Waals surface area contributed by atoms with Crippen LogP contribution in [0.5, 0.6) is 23.0 Å². The van der Waals surface area contributed by atoms with E-state index in [1.807, 2.05) is 97.1 Å². The minimum absolute atomic E-state index is 0.0644. The topological polar surface area (TPSA) is 146 Å². The standard InChI is InChI=1S/3C8H10O2.C6H6O.3C2H4O/c3*9-6-7-10-8-4-2-1-3-5-8;7-6-4-2-1-3-5-6;3*1-2-3-1/h3*1-5,9H,6-7H2;1-5,7H;3*1-2H2. The molecule has 4 aromatic rings. The lowest BCUT2D eigenvalue weighted by atomic mass is 10.3. The lowest BCUT2D eigenvalue weighted by Crippen LogP contribution is -2.00. The number of aromatic hydroxyl groups is 1. The molecule has 0 unspecified atom stereocenters. The average molecular weight is 641 g/mol. The zero-order valence-electron chi connectivity index (χ0n) is 26.3. The zero-order valence-corrected chi connectivity index (χ0v) is 26.3. The fourth-order valence-electron chi connectivity index (χ4n) is 2.47. The predicted octanol–water partition coefficient (Wildman–Crippen LogP) is 4.62. The molecule has 0 radical (unpaired) electrons. The Morgan fingerprint density at radius 1 is 0.391 bits per heavy atom. The van der Waals surface area contributed by atoms with Gasteiger partial charge in [0.1, 0.15) is 42.8 Å². The summed E-state index contributed by atoms with van der Waals surface area (Å²) in [6.07, 6.45) is 0. The maximum atomic E-state index is 8.63. The summed E-state index contributed by atoms with van der Waals surface area (Å²) in [7, 11) is 0. The number of phenols is 1. The number of hydrogen-bond acceptors (Lipinski definition) is 10. The van der Waals surface area contributed by atoms with E-state index in [1.165, 1.54) is 0 Å². The first-order valence-electron chi connectivity index (χ1n) is 15.0. The van der Waals surface area contributed by atoms with Gasteiger partial charge in [0.2, 0.25) is 0 Å². The average Bonchev–Trinajstić information content (AvgIpc) is 3.94. The molecule has 3 fully saturated rings. The Morgan fingerprint density at radius 3 is 0.761 bits per heavy atom. The van der Waals surface area contributed by atoms with Crippen LogP contribution in [0.2, 0.25) is 0 Å². The molecule has 0 bridgehead atoms. The second-order valence-electron chi connectivity index (χ2n) is 8.83. The summed E-state index contributed by atoms with van der Waals surface area (Å²) in [5, 5.41) is 33.8. The van der Waals surface area contributed by atoms with Gasteiger partial charge in [0.25, 0.3) is 0 Å². The van der Waals surface area contributed by atoms with Crippen molar-refractivity contribution < 1.29 is 48.8 Å². The van der Waals surface area contributed by atoms with Crippen LogP contribution < -0.4 is 14.2 Å². The Labute approximate surface area is 272 Å². The highest BCUT2D eigenvalue weighted by Gasteiger charge is 1.95. The molecule has 252 valence electrons. The fraction of sp³-hybridized carbons (Fsp3) is 0.333. The Balaban J connectivity index is 0.000000281. The minimum Gasteiger partial charge on any atom is -0.508 e. The number of epoxide rings is 3. The number of rotatable bonds is 9. The summed E-state index contributed by atoms with van der Waals surface area (Å²) in [5.41, 5.74) is 0. The second kappa shape index (κ2) is 30.8. The third-order valence-corrected chi connectivity index (χ3v) is 4.68. The van der Waals surface area contributed by atoms with Crippen molar-refractivity contribution in [1.29, 1.82) is 0 Å². The van der Waals surface area contributed by atoms with Crippen molar-refractivity contribution >= 4 is 0 Å². The van der Waals surface area contributed by atoms with Gasteiger partial charge in [-0.25, -0.2) is 0 Å².